The van der Waals surface area contributed by atoms with E-state index in [0.29, 0.717) is 13.2 Å². The van der Waals surface area contributed by atoms with Gasteiger partial charge in [0.15, 0.2) is 0 Å². The van der Waals surface area contributed by atoms with Crippen molar-refractivity contribution >= 4 is 5.69 Å². The van der Waals surface area contributed by atoms with Crippen LogP contribution in [0.15, 0.2) is 78.9 Å². The summed E-state index contributed by atoms with van der Waals surface area (Å²) in [6.07, 6.45) is 0.751. The van der Waals surface area contributed by atoms with Crippen molar-refractivity contribution in [2.45, 2.75) is 12.2 Å². The number of benzene rings is 3. The molecule has 3 aromatic carbocycles. The number of nitro groups is 1. The van der Waals surface area contributed by atoms with Crippen LogP contribution in [0.25, 0.3) is 11.1 Å². The second-order valence-electron chi connectivity index (χ2n) is 7.53. The fraction of sp³-hybridized carbons (Fsp3) is 0.250. The highest BCUT2D eigenvalue weighted by Gasteiger charge is 2.36. The average molecular weight is 404 g/mol. The van der Waals surface area contributed by atoms with Crippen molar-refractivity contribution in [2.75, 3.05) is 26.2 Å². The molecule has 0 amide bonds. The van der Waals surface area contributed by atoms with Gasteiger partial charge >= 0.3 is 0 Å². The van der Waals surface area contributed by atoms with Crippen molar-refractivity contribution in [3.8, 4) is 11.1 Å². The summed E-state index contributed by atoms with van der Waals surface area (Å²) in [7, 11) is 0. The molecule has 6 heteroatoms. The van der Waals surface area contributed by atoms with Crippen molar-refractivity contribution in [3.05, 3.63) is 100 Å². The van der Waals surface area contributed by atoms with E-state index in [0.717, 1.165) is 41.8 Å². The van der Waals surface area contributed by atoms with E-state index >= 15 is 0 Å². The Labute approximate surface area is 175 Å². The van der Waals surface area contributed by atoms with Crippen LogP contribution in [0.5, 0.6) is 0 Å². The molecule has 0 aliphatic carbocycles. The van der Waals surface area contributed by atoms with Gasteiger partial charge in [0.05, 0.1) is 18.1 Å². The van der Waals surface area contributed by atoms with Crippen molar-refractivity contribution in [1.82, 2.24) is 4.90 Å². The second-order valence-corrected chi connectivity index (χ2v) is 7.53. The van der Waals surface area contributed by atoms with Gasteiger partial charge in [0.25, 0.3) is 5.69 Å². The second kappa shape index (κ2) is 8.75. The molecule has 1 atom stereocenters. The molecule has 30 heavy (non-hydrogen) atoms. The van der Waals surface area contributed by atoms with E-state index in [-0.39, 0.29) is 5.69 Å². The fourth-order valence-corrected chi connectivity index (χ4v) is 3.76. The Balaban J connectivity index is 1.40. The number of ether oxygens (including phenoxy) is 1. The standard InChI is InChI=1S/C24H24N2O4/c27-24(22-10-8-21(9-11-22)20-4-2-1-3-5-20)18-25(16-17-30-24)15-14-19-6-12-23(13-7-19)26(28)29/h1-13,27H,14-18H2. The number of aliphatic hydroxyl groups is 1. The molecule has 0 aromatic heterocycles. The molecule has 154 valence electrons. The van der Waals surface area contributed by atoms with Crippen molar-refractivity contribution in [2.24, 2.45) is 0 Å². The Kier molecular flexibility index (Phi) is 5.90. The minimum absolute atomic E-state index is 0.0958. The quantitative estimate of drug-likeness (QED) is 0.497. The van der Waals surface area contributed by atoms with Crippen molar-refractivity contribution in [1.29, 1.82) is 0 Å². The Bertz CT molecular complexity index is 990. The van der Waals surface area contributed by atoms with Crippen LogP contribution in [0.4, 0.5) is 5.69 Å². The first kappa shape index (κ1) is 20.2. The number of morpholine rings is 1. The Morgan fingerprint density at radius 1 is 0.967 bits per heavy atom. The number of hydrogen-bond acceptors (Lipinski definition) is 5. The smallest absolute Gasteiger partial charge is 0.269 e. The molecule has 1 unspecified atom stereocenters. The largest absolute Gasteiger partial charge is 0.361 e. The third-order valence-corrected chi connectivity index (χ3v) is 5.49. The van der Waals surface area contributed by atoms with Crippen molar-refractivity contribution < 1.29 is 14.8 Å². The van der Waals surface area contributed by atoms with E-state index in [4.69, 9.17) is 4.74 Å². The molecule has 1 heterocycles. The molecule has 4 rings (SSSR count). The lowest BCUT2D eigenvalue weighted by Gasteiger charge is -2.39. The minimum atomic E-state index is -1.34. The van der Waals surface area contributed by atoms with Gasteiger partial charge in [-0.2, -0.15) is 0 Å². The zero-order valence-corrected chi connectivity index (χ0v) is 16.6. The molecule has 1 saturated heterocycles. The van der Waals surface area contributed by atoms with Crippen molar-refractivity contribution in [3.63, 3.8) is 0 Å². The number of rotatable bonds is 6. The fourth-order valence-electron chi connectivity index (χ4n) is 3.76. The first-order valence-corrected chi connectivity index (χ1v) is 10.0. The number of hydrogen-bond donors (Lipinski definition) is 1. The molecule has 1 aliphatic heterocycles. The average Bonchev–Trinajstić information content (AvgIpc) is 2.79. The minimum Gasteiger partial charge on any atom is -0.361 e. The van der Waals surface area contributed by atoms with Crippen LogP contribution < -0.4 is 0 Å². The molecule has 0 saturated carbocycles. The molecule has 0 spiro atoms. The molecule has 0 bridgehead atoms. The van der Waals surface area contributed by atoms with Gasteiger partial charge < -0.3 is 9.84 Å². The van der Waals surface area contributed by atoms with Crippen LogP contribution in [-0.4, -0.2) is 41.2 Å². The summed E-state index contributed by atoms with van der Waals surface area (Å²) in [4.78, 5) is 12.5. The predicted octanol–water partition coefficient (Wildman–Crippen LogP) is 3.98. The summed E-state index contributed by atoms with van der Waals surface area (Å²) in [6.45, 7) is 2.30. The van der Waals surface area contributed by atoms with Crippen LogP contribution in [-0.2, 0) is 16.9 Å². The Hall–Kier alpha value is -3.06. The number of nitro benzene ring substituents is 1. The summed E-state index contributed by atoms with van der Waals surface area (Å²) in [5.74, 6) is -1.34. The van der Waals surface area contributed by atoms with Gasteiger partial charge in [-0.25, -0.2) is 0 Å². The third kappa shape index (κ3) is 4.57. The Morgan fingerprint density at radius 3 is 2.30 bits per heavy atom. The molecular formula is C24H24N2O4. The lowest BCUT2D eigenvalue weighted by atomic mass is 9.99. The molecule has 0 radical (unpaired) electrons. The highest BCUT2D eigenvalue weighted by atomic mass is 16.6. The molecular weight excluding hydrogens is 380 g/mol. The lowest BCUT2D eigenvalue weighted by molar-refractivity contribution is -0.384. The van der Waals surface area contributed by atoms with Gasteiger partial charge in [-0.15, -0.1) is 0 Å². The normalized spacial score (nSPS) is 19.5. The van der Waals surface area contributed by atoms with Crippen LogP contribution in [0.2, 0.25) is 0 Å². The van der Waals surface area contributed by atoms with E-state index in [1.54, 1.807) is 12.1 Å². The summed E-state index contributed by atoms with van der Waals surface area (Å²) in [6, 6.07) is 24.6. The highest BCUT2D eigenvalue weighted by molar-refractivity contribution is 5.63. The van der Waals surface area contributed by atoms with Crippen LogP contribution in [0.1, 0.15) is 11.1 Å². The molecule has 1 fully saturated rings. The number of β-amino-alcohol motifs (C(OH)–C–C–N with tert-alkyl or cyclic N) is 1. The zero-order chi connectivity index (χ0) is 21.0. The van der Waals surface area contributed by atoms with Gasteiger partial charge in [0.2, 0.25) is 5.79 Å². The summed E-state index contributed by atoms with van der Waals surface area (Å²) < 4.78 is 5.76. The van der Waals surface area contributed by atoms with Gasteiger partial charge in [0.1, 0.15) is 0 Å². The predicted molar refractivity (Wildman–Crippen MR) is 115 cm³/mol. The maximum atomic E-state index is 11.1. The number of nitrogens with zero attached hydrogens (tertiary/aromatic N) is 2. The lowest BCUT2D eigenvalue weighted by Crippen LogP contribution is -2.50. The first-order valence-electron chi connectivity index (χ1n) is 10.0. The van der Waals surface area contributed by atoms with E-state index in [2.05, 4.69) is 17.0 Å². The van der Waals surface area contributed by atoms with E-state index in [1.807, 2.05) is 42.5 Å². The van der Waals surface area contributed by atoms with Gasteiger partial charge in [-0.3, -0.25) is 15.0 Å². The summed E-state index contributed by atoms with van der Waals surface area (Å²) >= 11 is 0. The Morgan fingerprint density at radius 2 is 1.63 bits per heavy atom. The SMILES string of the molecule is O=[N+]([O-])c1ccc(CCN2CCOC(O)(c3ccc(-c4ccccc4)cc3)C2)cc1. The van der Waals surface area contributed by atoms with Gasteiger partial charge in [-0.1, -0.05) is 66.7 Å². The van der Waals surface area contributed by atoms with Crippen LogP contribution in [0.3, 0.4) is 0 Å². The highest BCUT2D eigenvalue weighted by Crippen LogP contribution is 2.29. The topological polar surface area (TPSA) is 75.8 Å². The third-order valence-electron chi connectivity index (χ3n) is 5.49. The molecule has 6 nitrogen and oxygen atoms in total. The maximum Gasteiger partial charge on any atom is 0.269 e. The van der Waals surface area contributed by atoms with E-state index < -0.39 is 10.7 Å². The van der Waals surface area contributed by atoms with Gasteiger partial charge in [0, 0.05) is 30.8 Å². The van der Waals surface area contributed by atoms with E-state index in [9.17, 15) is 15.2 Å². The zero-order valence-electron chi connectivity index (χ0n) is 16.6. The monoisotopic (exact) mass is 404 g/mol. The van der Waals surface area contributed by atoms with E-state index in [1.165, 1.54) is 12.1 Å². The molecule has 1 aliphatic rings. The summed E-state index contributed by atoms with van der Waals surface area (Å²) in [5, 5.41) is 21.9. The molecule has 1 N–H and O–H groups in total. The van der Waals surface area contributed by atoms with Crippen LogP contribution >= 0.6 is 0 Å². The maximum absolute atomic E-state index is 11.1. The number of non-ortho nitro benzene ring substituents is 1. The summed E-state index contributed by atoms with van der Waals surface area (Å²) in [5.41, 5.74) is 4.09. The van der Waals surface area contributed by atoms with Crippen LogP contribution in [0, 0.1) is 10.1 Å². The molecule has 3 aromatic rings. The first-order chi connectivity index (χ1) is 14.5. The van der Waals surface area contributed by atoms with Gasteiger partial charge in [-0.05, 0) is 23.1 Å².